The molecule has 178 valence electrons. The highest BCUT2D eigenvalue weighted by atomic mass is 16.5. The first-order valence-electron chi connectivity index (χ1n) is 11.4. The van der Waals surface area contributed by atoms with Crippen molar-refractivity contribution in [3.05, 3.63) is 42.1 Å². The Labute approximate surface area is 198 Å². The number of carbonyl (C=O) groups excluding carboxylic acids is 1. The van der Waals surface area contributed by atoms with E-state index >= 15 is 0 Å². The maximum atomic E-state index is 12.6. The molecule has 0 atom stereocenters. The summed E-state index contributed by atoms with van der Waals surface area (Å²) in [6.07, 6.45) is 2.97. The van der Waals surface area contributed by atoms with Crippen LogP contribution in [0.4, 0.5) is 0 Å². The lowest BCUT2D eigenvalue weighted by molar-refractivity contribution is -0.686. The summed E-state index contributed by atoms with van der Waals surface area (Å²) in [5.41, 5.74) is 3.33. The number of aromatic nitrogens is 1. The van der Waals surface area contributed by atoms with E-state index < -0.39 is 0 Å². The molecule has 0 spiro atoms. The molecule has 1 amide bonds. The number of aryl methyl sites for hydroxylation is 2. The molecule has 3 aromatic rings. The fourth-order valence-corrected chi connectivity index (χ4v) is 4.70. The van der Waals surface area contributed by atoms with Gasteiger partial charge < -0.3 is 28.6 Å². The van der Waals surface area contributed by atoms with Crippen molar-refractivity contribution in [3.63, 3.8) is 0 Å². The molecule has 0 saturated carbocycles. The van der Waals surface area contributed by atoms with E-state index in [1.807, 2.05) is 24.3 Å². The van der Waals surface area contributed by atoms with Crippen LogP contribution in [0.15, 0.2) is 36.5 Å². The molecule has 2 aromatic carbocycles. The summed E-state index contributed by atoms with van der Waals surface area (Å²) in [5, 5.41) is 2.05. The smallest absolute Gasteiger partial charge is 0.260 e. The van der Waals surface area contributed by atoms with Crippen molar-refractivity contribution in [2.24, 2.45) is 0 Å². The maximum absolute atomic E-state index is 12.6. The summed E-state index contributed by atoms with van der Waals surface area (Å²) >= 11 is 0. The zero-order valence-electron chi connectivity index (χ0n) is 19.8. The van der Waals surface area contributed by atoms with Gasteiger partial charge in [-0.05, 0) is 35.2 Å². The molecule has 0 unspecified atom stereocenters. The molecule has 1 fully saturated rings. The molecular weight excluding hydrogens is 436 g/mol. The summed E-state index contributed by atoms with van der Waals surface area (Å²) in [5.74, 6) is 2.57. The van der Waals surface area contributed by atoms with Crippen molar-refractivity contribution in [3.8, 4) is 34.3 Å². The summed E-state index contributed by atoms with van der Waals surface area (Å²) < 4.78 is 30.2. The second-order valence-corrected chi connectivity index (χ2v) is 8.35. The molecular formula is C26H29N2O6+. The van der Waals surface area contributed by atoms with Gasteiger partial charge in [-0.15, -0.1) is 0 Å². The molecule has 1 saturated heterocycles. The van der Waals surface area contributed by atoms with Crippen LogP contribution in [0.3, 0.4) is 0 Å². The summed E-state index contributed by atoms with van der Waals surface area (Å²) in [6, 6.07) is 10.1. The standard InChI is InChI=1S/C26H29N2O6/c1-30-22-5-4-17-12-21-19-14-24(34-16-25(29)27-8-10-33-11-9-27)23(31-2)13-18(19)6-7-28(21)15-20(17)26(22)32-3/h4-5,12-15H,6-11,16H2,1-3H3/q+1. The lowest BCUT2D eigenvalue weighted by atomic mass is 9.95. The van der Waals surface area contributed by atoms with Gasteiger partial charge in [0.25, 0.3) is 5.91 Å². The van der Waals surface area contributed by atoms with Crippen LogP contribution < -0.4 is 23.5 Å². The highest BCUT2D eigenvalue weighted by molar-refractivity contribution is 5.91. The average molecular weight is 466 g/mol. The fourth-order valence-electron chi connectivity index (χ4n) is 4.70. The van der Waals surface area contributed by atoms with E-state index in [0.29, 0.717) is 43.6 Å². The third-order valence-corrected chi connectivity index (χ3v) is 6.51. The Morgan fingerprint density at radius 3 is 2.53 bits per heavy atom. The van der Waals surface area contributed by atoms with Gasteiger partial charge in [-0.3, -0.25) is 4.79 Å². The van der Waals surface area contributed by atoms with Gasteiger partial charge in [0.15, 0.2) is 42.3 Å². The molecule has 2 aliphatic rings. The molecule has 0 N–H and O–H groups in total. The van der Waals surface area contributed by atoms with Crippen LogP contribution in [0.2, 0.25) is 0 Å². The zero-order chi connectivity index (χ0) is 23.7. The number of amides is 1. The minimum absolute atomic E-state index is 0.0378. The molecule has 1 aromatic heterocycles. The van der Waals surface area contributed by atoms with Gasteiger partial charge in [-0.1, -0.05) is 0 Å². The second-order valence-electron chi connectivity index (χ2n) is 8.35. The minimum atomic E-state index is -0.0510. The number of carbonyl (C=O) groups is 1. The Morgan fingerprint density at radius 2 is 1.79 bits per heavy atom. The number of nitrogens with zero attached hydrogens (tertiary/aromatic N) is 2. The number of methoxy groups -OCH3 is 3. The molecule has 3 heterocycles. The normalized spacial score (nSPS) is 14.9. The molecule has 0 radical (unpaired) electrons. The Kier molecular flexibility index (Phi) is 6.15. The Balaban J connectivity index is 1.50. The van der Waals surface area contributed by atoms with Crippen molar-refractivity contribution in [1.29, 1.82) is 0 Å². The van der Waals surface area contributed by atoms with Gasteiger partial charge in [0.05, 0.1) is 45.5 Å². The van der Waals surface area contributed by atoms with Crippen LogP contribution in [-0.4, -0.2) is 65.0 Å². The molecule has 0 aliphatic carbocycles. The van der Waals surface area contributed by atoms with Crippen molar-refractivity contribution in [1.82, 2.24) is 4.90 Å². The van der Waals surface area contributed by atoms with Crippen molar-refractivity contribution >= 4 is 16.7 Å². The first kappa shape index (κ1) is 22.3. The number of ether oxygens (including phenoxy) is 5. The highest BCUT2D eigenvalue weighted by Gasteiger charge is 2.28. The van der Waals surface area contributed by atoms with Crippen molar-refractivity contribution in [2.75, 3.05) is 54.2 Å². The Morgan fingerprint density at radius 1 is 1.00 bits per heavy atom. The van der Waals surface area contributed by atoms with E-state index in [1.54, 1.807) is 26.2 Å². The summed E-state index contributed by atoms with van der Waals surface area (Å²) in [7, 11) is 4.92. The molecule has 34 heavy (non-hydrogen) atoms. The first-order chi connectivity index (χ1) is 16.6. The summed E-state index contributed by atoms with van der Waals surface area (Å²) in [6.45, 7) is 3.10. The zero-order valence-corrected chi connectivity index (χ0v) is 19.8. The summed E-state index contributed by atoms with van der Waals surface area (Å²) in [4.78, 5) is 14.4. The van der Waals surface area contributed by atoms with Gasteiger partial charge >= 0.3 is 0 Å². The van der Waals surface area contributed by atoms with Crippen molar-refractivity contribution in [2.45, 2.75) is 13.0 Å². The maximum Gasteiger partial charge on any atom is 0.260 e. The number of hydrogen-bond acceptors (Lipinski definition) is 6. The van der Waals surface area contributed by atoms with Crippen LogP contribution in [-0.2, 0) is 22.5 Å². The van der Waals surface area contributed by atoms with E-state index in [1.165, 1.54) is 5.56 Å². The molecule has 2 aliphatic heterocycles. The number of pyridine rings is 1. The molecule has 8 heteroatoms. The monoisotopic (exact) mass is 465 g/mol. The van der Waals surface area contributed by atoms with Crippen LogP contribution in [0.25, 0.3) is 22.0 Å². The fraction of sp³-hybridized carbons (Fsp3) is 0.385. The van der Waals surface area contributed by atoms with E-state index in [-0.39, 0.29) is 12.5 Å². The van der Waals surface area contributed by atoms with E-state index in [0.717, 1.165) is 40.7 Å². The largest absolute Gasteiger partial charge is 0.493 e. The first-order valence-corrected chi connectivity index (χ1v) is 11.4. The van der Waals surface area contributed by atoms with Gasteiger partial charge in [0.1, 0.15) is 0 Å². The third-order valence-electron chi connectivity index (χ3n) is 6.51. The van der Waals surface area contributed by atoms with Crippen LogP contribution in [0.5, 0.6) is 23.0 Å². The molecule has 5 rings (SSSR count). The number of benzene rings is 2. The van der Waals surface area contributed by atoms with E-state index in [9.17, 15) is 4.79 Å². The highest BCUT2D eigenvalue weighted by Crippen LogP contribution is 2.40. The van der Waals surface area contributed by atoms with E-state index in [4.69, 9.17) is 23.7 Å². The SMILES string of the molecule is COc1cc2c(cc1OCC(=O)N1CCOCC1)-c1cc3ccc(OC)c(OC)c3c[n+]1CC2. The van der Waals surface area contributed by atoms with Crippen LogP contribution in [0, 0.1) is 0 Å². The second kappa shape index (κ2) is 9.38. The van der Waals surface area contributed by atoms with Gasteiger partial charge in [0, 0.05) is 25.6 Å². The topological polar surface area (TPSA) is 70.3 Å². The van der Waals surface area contributed by atoms with Crippen molar-refractivity contribution < 1.29 is 33.0 Å². The Hall–Kier alpha value is -3.52. The molecule has 0 bridgehead atoms. The lowest BCUT2D eigenvalue weighted by Crippen LogP contribution is -2.43. The third kappa shape index (κ3) is 3.98. The Bertz CT molecular complexity index is 1240. The number of rotatable bonds is 6. The van der Waals surface area contributed by atoms with E-state index in [2.05, 4.69) is 16.8 Å². The van der Waals surface area contributed by atoms with Crippen LogP contribution in [0.1, 0.15) is 5.56 Å². The predicted octanol–water partition coefficient (Wildman–Crippen LogP) is 2.61. The van der Waals surface area contributed by atoms with Crippen LogP contribution >= 0.6 is 0 Å². The average Bonchev–Trinajstić information content (AvgIpc) is 2.89. The number of morpholine rings is 1. The van der Waals surface area contributed by atoms with Gasteiger partial charge in [0.2, 0.25) is 5.69 Å². The lowest BCUT2D eigenvalue weighted by Gasteiger charge is -2.27. The molecule has 8 nitrogen and oxygen atoms in total. The van der Waals surface area contributed by atoms with Gasteiger partial charge in [-0.25, -0.2) is 0 Å². The number of hydrogen-bond donors (Lipinski definition) is 0. The quantitative estimate of drug-likeness (QED) is 0.522. The predicted molar refractivity (Wildman–Crippen MR) is 126 cm³/mol. The minimum Gasteiger partial charge on any atom is -0.493 e. The van der Waals surface area contributed by atoms with Gasteiger partial charge in [-0.2, -0.15) is 4.57 Å². The number of fused-ring (bicyclic) bond motifs is 4.